The molecule has 9 heteroatoms. The molecule has 0 atom stereocenters. The van der Waals surface area contributed by atoms with E-state index >= 15 is 0 Å². The van der Waals surface area contributed by atoms with Crippen LogP contribution in [0.1, 0.15) is 38.1 Å². The van der Waals surface area contributed by atoms with Gasteiger partial charge in [-0.15, -0.1) is 0 Å². The van der Waals surface area contributed by atoms with Crippen molar-refractivity contribution in [2.24, 2.45) is 0 Å². The molecular formula is C27H32ClN5O3. The smallest absolute Gasteiger partial charge is 0.240 e. The number of aromatic nitrogens is 2. The Labute approximate surface area is 216 Å². The molecule has 1 amide bonds. The van der Waals surface area contributed by atoms with E-state index in [9.17, 15) is 15.1 Å². The molecule has 1 aromatic heterocycles. The fourth-order valence-electron chi connectivity index (χ4n) is 5.62. The first-order chi connectivity index (χ1) is 17.1. The van der Waals surface area contributed by atoms with Crippen LogP contribution in [0, 0.1) is 5.21 Å². The van der Waals surface area contributed by atoms with Gasteiger partial charge in [-0.1, -0.05) is 29.8 Å². The fourth-order valence-corrected chi connectivity index (χ4v) is 5.79. The van der Waals surface area contributed by atoms with Crippen LogP contribution in [-0.2, 0) is 23.3 Å². The zero-order valence-electron chi connectivity index (χ0n) is 20.9. The molecule has 0 radical (unpaired) electrons. The number of hydrogen-bond acceptors (Lipinski definition) is 5. The van der Waals surface area contributed by atoms with Gasteiger partial charge < -0.3 is 19.8 Å². The number of benzene rings is 2. The second kappa shape index (κ2) is 9.18. The SMILES string of the molecule is C/[N+]([O-])=C/CCCn1c(CN2C(=O)C3(CN(CC(C)(C)O)C3)c3ccccc32)nc2cc(Cl)ccc21. The Bertz CT molecular complexity index is 1330. The predicted molar refractivity (Wildman–Crippen MR) is 142 cm³/mol. The summed E-state index contributed by atoms with van der Waals surface area (Å²) in [6, 6.07) is 13.6. The molecule has 1 saturated heterocycles. The highest BCUT2D eigenvalue weighted by Crippen LogP contribution is 2.48. The number of aliphatic hydroxyl groups is 1. The number of unbranched alkanes of at least 4 members (excludes halogenated alkanes) is 1. The van der Waals surface area contributed by atoms with E-state index in [-0.39, 0.29) is 5.91 Å². The number of carbonyl (C=O) groups excluding carboxylic acids is 1. The lowest BCUT2D eigenvalue weighted by Crippen LogP contribution is -2.65. The molecule has 1 fully saturated rings. The van der Waals surface area contributed by atoms with Gasteiger partial charge in [-0.3, -0.25) is 9.69 Å². The predicted octanol–water partition coefficient (Wildman–Crippen LogP) is 3.55. The lowest BCUT2D eigenvalue weighted by atomic mass is 9.74. The van der Waals surface area contributed by atoms with Gasteiger partial charge in [0.1, 0.15) is 18.3 Å². The summed E-state index contributed by atoms with van der Waals surface area (Å²) in [4.78, 5) is 22.8. The molecule has 2 aliphatic heterocycles. The van der Waals surface area contributed by atoms with E-state index in [1.54, 1.807) is 20.1 Å². The van der Waals surface area contributed by atoms with Crippen LogP contribution in [0.15, 0.2) is 42.5 Å². The molecule has 1 spiro atoms. The topological polar surface area (TPSA) is 87.7 Å². The van der Waals surface area contributed by atoms with Gasteiger partial charge in [0.05, 0.1) is 23.2 Å². The largest absolute Gasteiger partial charge is 0.624 e. The monoisotopic (exact) mass is 509 g/mol. The Morgan fingerprint density at radius 3 is 2.72 bits per heavy atom. The number of rotatable bonds is 8. The molecule has 0 bridgehead atoms. The van der Waals surface area contributed by atoms with Crippen molar-refractivity contribution >= 4 is 40.4 Å². The van der Waals surface area contributed by atoms with Crippen molar-refractivity contribution in [3.63, 3.8) is 0 Å². The number of likely N-dealkylation sites (tertiary alicyclic amines) is 1. The molecule has 2 aromatic carbocycles. The number of anilines is 1. The van der Waals surface area contributed by atoms with Gasteiger partial charge in [0.15, 0.2) is 6.21 Å². The Morgan fingerprint density at radius 2 is 2.00 bits per heavy atom. The zero-order valence-corrected chi connectivity index (χ0v) is 21.7. The Hall–Kier alpha value is -2.94. The van der Waals surface area contributed by atoms with Crippen LogP contribution in [0.3, 0.4) is 0 Å². The van der Waals surface area contributed by atoms with Crippen molar-refractivity contribution in [2.75, 3.05) is 31.6 Å². The summed E-state index contributed by atoms with van der Waals surface area (Å²) < 4.78 is 2.96. The van der Waals surface area contributed by atoms with E-state index in [0.717, 1.165) is 39.3 Å². The highest BCUT2D eigenvalue weighted by molar-refractivity contribution is 6.31. The molecule has 0 unspecified atom stereocenters. The summed E-state index contributed by atoms with van der Waals surface area (Å²) >= 11 is 6.24. The van der Waals surface area contributed by atoms with Crippen LogP contribution in [0.2, 0.25) is 5.02 Å². The average molecular weight is 510 g/mol. The van der Waals surface area contributed by atoms with Crippen LogP contribution in [0.25, 0.3) is 11.0 Å². The standard InChI is InChI=1S/C27H32ClN5O3/c1-26(2,35)16-31-17-27(18-31)20-8-4-5-9-22(20)33(25(27)34)15-24-29-21-14-19(28)10-11-23(21)32(24)13-7-6-12-30(3)36/h4-5,8-12,14,35H,6-7,13,15-18H2,1-3H3/b30-12-. The van der Waals surface area contributed by atoms with E-state index in [4.69, 9.17) is 16.6 Å². The summed E-state index contributed by atoms with van der Waals surface area (Å²) in [7, 11) is 1.48. The normalized spacial score (nSPS) is 17.8. The van der Waals surface area contributed by atoms with Crippen molar-refractivity contribution in [3.8, 4) is 0 Å². The quantitative estimate of drug-likeness (QED) is 0.165. The van der Waals surface area contributed by atoms with Gasteiger partial charge in [0.25, 0.3) is 0 Å². The number of amides is 1. The fraction of sp³-hybridized carbons (Fsp3) is 0.444. The molecule has 3 heterocycles. The van der Waals surface area contributed by atoms with Crippen molar-refractivity contribution in [2.45, 2.75) is 50.8 Å². The lowest BCUT2D eigenvalue weighted by molar-refractivity contribution is -0.418. The minimum atomic E-state index is -0.813. The Morgan fingerprint density at radius 1 is 1.25 bits per heavy atom. The number of para-hydroxylation sites is 1. The minimum Gasteiger partial charge on any atom is -0.624 e. The molecule has 3 aromatic rings. The van der Waals surface area contributed by atoms with Crippen LogP contribution in [0.5, 0.6) is 0 Å². The van der Waals surface area contributed by atoms with Crippen molar-refractivity contribution in [1.82, 2.24) is 14.5 Å². The summed E-state index contributed by atoms with van der Waals surface area (Å²) in [6.45, 7) is 6.31. The van der Waals surface area contributed by atoms with E-state index < -0.39 is 11.0 Å². The maximum Gasteiger partial charge on any atom is 0.240 e. The second-order valence-corrected chi connectivity index (χ2v) is 11.1. The summed E-state index contributed by atoms with van der Waals surface area (Å²) in [5.41, 5.74) is 2.31. The molecule has 2 aliphatic rings. The van der Waals surface area contributed by atoms with Gasteiger partial charge in [-0.2, -0.15) is 0 Å². The van der Waals surface area contributed by atoms with Crippen molar-refractivity contribution in [3.05, 3.63) is 64.1 Å². The number of β-amino-alcohol motifs (C(OH)–C–C–N with tert-alkyl or cyclic N) is 1. The molecule has 1 N–H and O–H groups in total. The summed E-state index contributed by atoms with van der Waals surface area (Å²) in [6.07, 6.45) is 3.04. The first-order valence-corrected chi connectivity index (χ1v) is 12.7. The number of carbonyl (C=O) groups is 1. The molecule has 0 aliphatic carbocycles. The van der Waals surface area contributed by atoms with Crippen molar-refractivity contribution in [1.29, 1.82) is 0 Å². The number of nitrogens with zero attached hydrogens (tertiary/aromatic N) is 5. The maximum atomic E-state index is 13.9. The van der Waals surface area contributed by atoms with Crippen molar-refractivity contribution < 1.29 is 14.6 Å². The first-order valence-electron chi connectivity index (χ1n) is 12.3. The number of hydrogen-bond donors (Lipinski definition) is 1. The molecular weight excluding hydrogens is 478 g/mol. The molecule has 0 saturated carbocycles. The number of fused-ring (bicyclic) bond motifs is 3. The van der Waals surface area contributed by atoms with E-state index in [0.29, 0.717) is 44.2 Å². The number of hydroxylamine groups is 1. The van der Waals surface area contributed by atoms with E-state index in [1.807, 2.05) is 47.4 Å². The molecule has 36 heavy (non-hydrogen) atoms. The van der Waals surface area contributed by atoms with Crippen LogP contribution in [0.4, 0.5) is 5.69 Å². The Balaban J connectivity index is 1.45. The van der Waals surface area contributed by atoms with Gasteiger partial charge in [-0.05, 0) is 50.1 Å². The van der Waals surface area contributed by atoms with E-state index in [1.165, 1.54) is 7.05 Å². The number of imidazole rings is 1. The lowest BCUT2D eigenvalue weighted by Gasteiger charge is -2.48. The third kappa shape index (κ3) is 4.49. The molecule has 5 rings (SSSR count). The highest BCUT2D eigenvalue weighted by Gasteiger charge is 2.58. The van der Waals surface area contributed by atoms with Gasteiger partial charge in [0, 0.05) is 43.3 Å². The summed E-state index contributed by atoms with van der Waals surface area (Å²) in [5, 5.41) is 22.1. The van der Waals surface area contributed by atoms with Gasteiger partial charge >= 0.3 is 0 Å². The van der Waals surface area contributed by atoms with Gasteiger partial charge in [-0.25, -0.2) is 9.72 Å². The third-order valence-electron chi connectivity index (χ3n) is 7.02. The average Bonchev–Trinajstić information content (AvgIpc) is 3.23. The van der Waals surface area contributed by atoms with Gasteiger partial charge in [0.2, 0.25) is 5.91 Å². The number of aryl methyl sites for hydroxylation is 1. The number of halogens is 1. The molecule has 190 valence electrons. The Kier molecular flexibility index (Phi) is 6.31. The van der Waals surface area contributed by atoms with Crippen LogP contribution < -0.4 is 4.90 Å². The molecule has 8 nitrogen and oxygen atoms in total. The van der Waals surface area contributed by atoms with E-state index in [2.05, 4.69) is 9.47 Å². The minimum absolute atomic E-state index is 0.0775. The second-order valence-electron chi connectivity index (χ2n) is 10.6. The highest BCUT2D eigenvalue weighted by atomic mass is 35.5. The summed E-state index contributed by atoms with van der Waals surface area (Å²) in [5.74, 6) is 0.865. The third-order valence-corrected chi connectivity index (χ3v) is 7.26. The maximum absolute atomic E-state index is 13.9. The van der Waals surface area contributed by atoms with Crippen LogP contribution in [-0.4, -0.2) is 68.7 Å². The van der Waals surface area contributed by atoms with Crippen LogP contribution >= 0.6 is 11.6 Å². The zero-order chi connectivity index (χ0) is 25.7. The first kappa shape index (κ1) is 24.7.